The molecule has 2 N–H and O–H groups in total. The van der Waals surface area contributed by atoms with Crippen LogP contribution >= 0.6 is 11.6 Å². The van der Waals surface area contributed by atoms with Crippen LogP contribution in [0, 0.1) is 5.41 Å². The van der Waals surface area contributed by atoms with Crippen LogP contribution in [0.15, 0.2) is 30.5 Å². The number of benzene rings is 1. The van der Waals surface area contributed by atoms with Crippen LogP contribution in [0.1, 0.15) is 44.0 Å². The van der Waals surface area contributed by atoms with E-state index in [1.165, 1.54) is 0 Å². The molecule has 1 aliphatic rings. The third kappa shape index (κ3) is 4.22. The number of nitrogens with zero attached hydrogens (tertiary/aromatic N) is 1. The number of carbonyl (C=O) groups excluding carboxylic acids is 1. The van der Waals surface area contributed by atoms with Gasteiger partial charge in [0.05, 0.1) is 23.6 Å². The Kier molecular flexibility index (Phi) is 5.16. The second-order valence-corrected chi connectivity index (χ2v) is 8.02. The average molecular weight is 362 g/mol. The van der Waals surface area contributed by atoms with E-state index in [0.29, 0.717) is 22.9 Å². The van der Waals surface area contributed by atoms with Crippen LogP contribution in [0.5, 0.6) is 0 Å². The summed E-state index contributed by atoms with van der Waals surface area (Å²) in [5.41, 5.74) is 2.19. The number of carbonyl (C=O) groups is 1. The lowest BCUT2D eigenvalue weighted by Crippen LogP contribution is -2.45. The highest BCUT2D eigenvalue weighted by molar-refractivity contribution is 6.30. The fourth-order valence-corrected chi connectivity index (χ4v) is 3.22. The number of ether oxygens (including phenoxy) is 1. The quantitative estimate of drug-likeness (QED) is 0.866. The molecular weight excluding hydrogens is 338 g/mol. The van der Waals surface area contributed by atoms with Gasteiger partial charge in [0.15, 0.2) is 0 Å². The molecule has 1 fully saturated rings. The fraction of sp³-hybridized carbons (Fsp3) is 0.474. The molecule has 1 aromatic carbocycles. The van der Waals surface area contributed by atoms with Gasteiger partial charge >= 0.3 is 0 Å². The van der Waals surface area contributed by atoms with Crippen LogP contribution < -0.4 is 5.32 Å². The molecular formula is C19H24ClN3O2. The third-order valence-electron chi connectivity index (χ3n) is 4.60. The van der Waals surface area contributed by atoms with Gasteiger partial charge in [-0.25, -0.2) is 0 Å². The lowest BCUT2D eigenvalue weighted by molar-refractivity contribution is -0.0569. The molecule has 5 nitrogen and oxygen atoms in total. The Labute approximate surface area is 153 Å². The van der Waals surface area contributed by atoms with Gasteiger partial charge in [0.2, 0.25) is 0 Å². The van der Waals surface area contributed by atoms with Gasteiger partial charge in [-0.1, -0.05) is 44.5 Å². The zero-order chi connectivity index (χ0) is 18.0. The fourth-order valence-electron chi connectivity index (χ4n) is 3.09. The molecule has 1 aromatic heterocycles. The summed E-state index contributed by atoms with van der Waals surface area (Å²) >= 11 is 5.94. The first kappa shape index (κ1) is 18.0. The van der Waals surface area contributed by atoms with Crippen LogP contribution in [0.2, 0.25) is 5.02 Å². The molecule has 0 aliphatic carbocycles. The molecule has 2 heterocycles. The van der Waals surface area contributed by atoms with Crippen molar-refractivity contribution >= 4 is 17.5 Å². The molecule has 0 spiro atoms. The van der Waals surface area contributed by atoms with Crippen molar-refractivity contribution in [2.45, 2.75) is 45.8 Å². The first-order chi connectivity index (χ1) is 11.8. The normalized spacial score (nSPS) is 21.1. The number of H-pyrrole nitrogens is 1. The van der Waals surface area contributed by atoms with Crippen LogP contribution in [0.25, 0.3) is 11.3 Å². The standard InChI is InChI=1S/C19H24ClN3O2/c1-19(2,3)16-10-14(8-9-25-16)22-18(24)15-11-21-23-17(15)12-4-6-13(20)7-5-12/h4-7,11,14,16H,8-10H2,1-3H3,(H,21,23)(H,22,24)/t14-,16+/m1/s1. The van der Waals surface area contributed by atoms with Gasteiger partial charge in [0.1, 0.15) is 0 Å². The smallest absolute Gasteiger partial charge is 0.255 e. The van der Waals surface area contributed by atoms with Crippen molar-refractivity contribution in [1.29, 1.82) is 0 Å². The first-order valence-corrected chi connectivity index (χ1v) is 8.94. The molecule has 6 heteroatoms. The van der Waals surface area contributed by atoms with Crippen LogP contribution in [0.4, 0.5) is 0 Å². The summed E-state index contributed by atoms with van der Waals surface area (Å²) in [6, 6.07) is 7.45. The molecule has 0 saturated carbocycles. The molecule has 134 valence electrons. The second kappa shape index (κ2) is 7.18. The van der Waals surface area contributed by atoms with Crippen LogP contribution in [-0.4, -0.2) is 34.9 Å². The zero-order valence-corrected chi connectivity index (χ0v) is 15.6. The Morgan fingerprint density at radius 3 is 2.72 bits per heavy atom. The van der Waals surface area contributed by atoms with E-state index in [4.69, 9.17) is 16.3 Å². The van der Waals surface area contributed by atoms with Gasteiger partial charge < -0.3 is 10.1 Å². The highest BCUT2D eigenvalue weighted by atomic mass is 35.5. The van der Waals surface area contributed by atoms with Gasteiger partial charge in [-0.05, 0) is 30.4 Å². The van der Waals surface area contributed by atoms with E-state index in [9.17, 15) is 4.79 Å². The highest BCUT2D eigenvalue weighted by Gasteiger charge is 2.32. The van der Waals surface area contributed by atoms with Crippen molar-refractivity contribution < 1.29 is 9.53 Å². The predicted molar refractivity (Wildman–Crippen MR) is 98.7 cm³/mol. The number of hydrogen-bond donors (Lipinski definition) is 2. The van der Waals surface area contributed by atoms with Crippen molar-refractivity contribution in [3.05, 3.63) is 41.0 Å². The van der Waals surface area contributed by atoms with E-state index in [1.54, 1.807) is 18.3 Å². The minimum Gasteiger partial charge on any atom is -0.378 e. The first-order valence-electron chi connectivity index (χ1n) is 8.56. The van der Waals surface area contributed by atoms with Gasteiger partial charge in [-0.2, -0.15) is 5.10 Å². The van der Waals surface area contributed by atoms with Crippen LogP contribution in [-0.2, 0) is 4.74 Å². The molecule has 2 aromatic rings. The Bertz CT molecular complexity index is 734. The summed E-state index contributed by atoms with van der Waals surface area (Å²) in [6.07, 6.45) is 3.36. The van der Waals surface area contributed by atoms with Crippen LogP contribution in [0.3, 0.4) is 0 Å². The van der Waals surface area contributed by atoms with E-state index in [2.05, 4.69) is 36.3 Å². The SMILES string of the molecule is CC(C)(C)[C@@H]1C[C@H](NC(=O)c2cn[nH]c2-c2ccc(Cl)cc2)CCO1. The van der Waals surface area contributed by atoms with Crippen molar-refractivity contribution in [3.63, 3.8) is 0 Å². The van der Waals surface area contributed by atoms with Gasteiger partial charge in [-0.15, -0.1) is 0 Å². The number of nitrogens with one attached hydrogen (secondary N) is 2. The van der Waals surface area contributed by atoms with Crippen molar-refractivity contribution in [2.24, 2.45) is 5.41 Å². The highest BCUT2D eigenvalue weighted by Crippen LogP contribution is 2.30. The van der Waals surface area contributed by atoms with Gasteiger partial charge in [0, 0.05) is 23.2 Å². The molecule has 25 heavy (non-hydrogen) atoms. The molecule has 0 unspecified atom stereocenters. The average Bonchev–Trinajstić information content (AvgIpc) is 3.05. The molecule has 1 aliphatic heterocycles. The molecule has 3 rings (SSSR count). The summed E-state index contributed by atoms with van der Waals surface area (Å²) in [7, 11) is 0. The zero-order valence-electron chi connectivity index (χ0n) is 14.8. The van der Waals surface area contributed by atoms with E-state index in [-0.39, 0.29) is 23.5 Å². The topological polar surface area (TPSA) is 67.0 Å². The summed E-state index contributed by atoms with van der Waals surface area (Å²) in [4.78, 5) is 12.8. The summed E-state index contributed by atoms with van der Waals surface area (Å²) in [5.74, 6) is -0.113. The Morgan fingerprint density at radius 1 is 1.32 bits per heavy atom. The molecule has 0 bridgehead atoms. The van der Waals surface area contributed by atoms with E-state index in [1.807, 2.05) is 12.1 Å². The number of halogens is 1. The number of rotatable bonds is 3. The lowest BCUT2D eigenvalue weighted by Gasteiger charge is -2.37. The number of aromatic nitrogens is 2. The van der Waals surface area contributed by atoms with Crippen molar-refractivity contribution in [3.8, 4) is 11.3 Å². The molecule has 1 amide bonds. The maximum Gasteiger partial charge on any atom is 0.255 e. The van der Waals surface area contributed by atoms with E-state index < -0.39 is 0 Å². The summed E-state index contributed by atoms with van der Waals surface area (Å²) in [5, 5.41) is 10.8. The number of aromatic amines is 1. The maximum atomic E-state index is 12.8. The molecule has 1 saturated heterocycles. The third-order valence-corrected chi connectivity index (χ3v) is 4.85. The largest absolute Gasteiger partial charge is 0.378 e. The van der Waals surface area contributed by atoms with E-state index in [0.717, 1.165) is 18.4 Å². The lowest BCUT2D eigenvalue weighted by atomic mass is 9.83. The minimum atomic E-state index is -0.113. The Hall–Kier alpha value is -1.85. The Balaban J connectivity index is 1.72. The monoisotopic (exact) mass is 361 g/mol. The predicted octanol–water partition coefficient (Wildman–Crippen LogP) is 4.05. The van der Waals surface area contributed by atoms with Crippen molar-refractivity contribution in [1.82, 2.24) is 15.5 Å². The Morgan fingerprint density at radius 2 is 2.04 bits per heavy atom. The van der Waals surface area contributed by atoms with Crippen molar-refractivity contribution in [2.75, 3.05) is 6.61 Å². The minimum absolute atomic E-state index is 0.0630. The number of amides is 1. The summed E-state index contributed by atoms with van der Waals surface area (Å²) in [6.45, 7) is 7.16. The van der Waals surface area contributed by atoms with Gasteiger partial charge in [-0.3, -0.25) is 9.89 Å². The molecule has 2 atom stereocenters. The number of hydrogen-bond acceptors (Lipinski definition) is 3. The maximum absolute atomic E-state index is 12.8. The van der Waals surface area contributed by atoms with E-state index >= 15 is 0 Å². The second-order valence-electron chi connectivity index (χ2n) is 7.59. The summed E-state index contributed by atoms with van der Waals surface area (Å²) < 4.78 is 5.87. The van der Waals surface area contributed by atoms with Gasteiger partial charge in [0.25, 0.3) is 5.91 Å². The molecule has 0 radical (unpaired) electrons.